The Labute approximate surface area is 166 Å². The summed E-state index contributed by atoms with van der Waals surface area (Å²) in [7, 11) is 0. The van der Waals surface area contributed by atoms with Crippen molar-refractivity contribution in [2.24, 2.45) is 5.73 Å². The number of nitrogens with zero attached hydrogens (tertiary/aromatic N) is 1. The molecule has 3 amide bonds. The molecule has 1 fully saturated rings. The van der Waals surface area contributed by atoms with Gasteiger partial charge in [0.2, 0.25) is 0 Å². The summed E-state index contributed by atoms with van der Waals surface area (Å²) in [5, 5.41) is 6.68. The SMILES string of the molecule is NC(=O)c1c(NC(=O)Nc2ccc(Cl)cc2)sc2c1CCC(N1CCC1)C2. The number of nitrogens with one attached hydrogen (secondary N) is 2. The number of anilines is 2. The van der Waals surface area contributed by atoms with E-state index < -0.39 is 11.9 Å². The Kier molecular flexibility index (Phi) is 5.08. The maximum Gasteiger partial charge on any atom is 0.324 e. The summed E-state index contributed by atoms with van der Waals surface area (Å²) in [4.78, 5) is 28.1. The van der Waals surface area contributed by atoms with Crippen molar-refractivity contribution in [2.45, 2.75) is 31.7 Å². The van der Waals surface area contributed by atoms with Gasteiger partial charge >= 0.3 is 6.03 Å². The predicted octanol–water partition coefficient (Wildman–Crippen LogP) is 3.71. The highest BCUT2D eigenvalue weighted by atomic mass is 35.5. The summed E-state index contributed by atoms with van der Waals surface area (Å²) in [5.74, 6) is -0.489. The van der Waals surface area contributed by atoms with Crippen LogP contribution in [0.5, 0.6) is 0 Å². The van der Waals surface area contributed by atoms with E-state index in [1.54, 1.807) is 24.3 Å². The van der Waals surface area contributed by atoms with E-state index in [2.05, 4.69) is 15.5 Å². The molecule has 1 aromatic heterocycles. The van der Waals surface area contributed by atoms with Crippen LogP contribution in [-0.2, 0) is 12.8 Å². The predicted molar refractivity (Wildman–Crippen MR) is 109 cm³/mol. The number of urea groups is 1. The molecule has 27 heavy (non-hydrogen) atoms. The summed E-state index contributed by atoms with van der Waals surface area (Å²) in [5.41, 5.74) is 7.72. The summed E-state index contributed by atoms with van der Waals surface area (Å²) < 4.78 is 0. The Bertz CT molecular complexity index is 877. The van der Waals surface area contributed by atoms with Gasteiger partial charge in [-0.1, -0.05) is 11.6 Å². The van der Waals surface area contributed by atoms with Crippen LogP contribution in [0.25, 0.3) is 0 Å². The second-order valence-corrected chi connectivity index (χ2v) is 8.49. The van der Waals surface area contributed by atoms with E-state index in [9.17, 15) is 9.59 Å². The fraction of sp³-hybridized carbons (Fsp3) is 0.368. The molecule has 1 aromatic carbocycles. The van der Waals surface area contributed by atoms with Gasteiger partial charge < -0.3 is 11.1 Å². The van der Waals surface area contributed by atoms with Crippen molar-refractivity contribution in [3.63, 3.8) is 0 Å². The van der Waals surface area contributed by atoms with E-state index in [0.717, 1.165) is 42.8 Å². The molecule has 0 spiro atoms. The molecule has 0 radical (unpaired) electrons. The number of halogens is 1. The summed E-state index contributed by atoms with van der Waals surface area (Å²) in [6, 6.07) is 6.96. The highest BCUT2D eigenvalue weighted by Gasteiger charge is 2.32. The first kappa shape index (κ1) is 18.3. The number of rotatable bonds is 4. The van der Waals surface area contributed by atoms with E-state index in [1.807, 2.05) is 0 Å². The first-order chi connectivity index (χ1) is 13.0. The molecule has 6 nitrogen and oxygen atoms in total. The molecule has 0 saturated carbocycles. The normalized spacial score (nSPS) is 19.1. The summed E-state index contributed by atoms with van der Waals surface area (Å²) in [6.45, 7) is 2.31. The number of amides is 3. The first-order valence-corrected chi connectivity index (χ1v) is 10.2. The van der Waals surface area contributed by atoms with E-state index in [1.165, 1.54) is 17.8 Å². The van der Waals surface area contributed by atoms with Crippen LogP contribution >= 0.6 is 22.9 Å². The number of nitrogens with two attached hydrogens (primary N) is 1. The highest BCUT2D eigenvalue weighted by molar-refractivity contribution is 7.17. The van der Waals surface area contributed by atoms with Crippen LogP contribution in [0, 0.1) is 0 Å². The van der Waals surface area contributed by atoms with Gasteiger partial charge in [0.15, 0.2) is 0 Å². The molecule has 1 aliphatic heterocycles. The minimum atomic E-state index is -0.489. The van der Waals surface area contributed by atoms with Crippen molar-refractivity contribution in [1.29, 1.82) is 0 Å². The molecule has 1 atom stereocenters. The third kappa shape index (κ3) is 3.81. The monoisotopic (exact) mass is 404 g/mol. The minimum Gasteiger partial charge on any atom is -0.365 e. The Morgan fingerprint density at radius 2 is 1.93 bits per heavy atom. The zero-order valence-corrected chi connectivity index (χ0v) is 16.3. The first-order valence-electron chi connectivity index (χ1n) is 9.03. The van der Waals surface area contributed by atoms with Crippen molar-refractivity contribution in [2.75, 3.05) is 23.7 Å². The van der Waals surface area contributed by atoms with Crippen LogP contribution in [0.2, 0.25) is 5.02 Å². The molecule has 2 aliphatic rings. The number of hydrogen-bond acceptors (Lipinski definition) is 4. The van der Waals surface area contributed by atoms with Crippen molar-refractivity contribution >= 4 is 45.6 Å². The number of hydrogen-bond donors (Lipinski definition) is 3. The third-order valence-corrected chi connectivity index (χ3v) is 6.64. The third-order valence-electron chi connectivity index (χ3n) is 5.22. The Balaban J connectivity index is 1.51. The number of primary amides is 1. The zero-order chi connectivity index (χ0) is 19.0. The lowest BCUT2D eigenvalue weighted by molar-refractivity contribution is 0.0994. The van der Waals surface area contributed by atoms with Crippen LogP contribution in [0.4, 0.5) is 15.5 Å². The molecular formula is C19H21ClN4O2S. The summed E-state index contributed by atoms with van der Waals surface area (Å²) in [6.07, 6.45) is 4.03. The van der Waals surface area contributed by atoms with Gasteiger partial charge in [-0.3, -0.25) is 15.0 Å². The number of carbonyl (C=O) groups is 2. The second-order valence-electron chi connectivity index (χ2n) is 6.94. The molecule has 4 N–H and O–H groups in total. The summed E-state index contributed by atoms with van der Waals surface area (Å²) >= 11 is 7.33. The molecule has 2 heterocycles. The van der Waals surface area contributed by atoms with E-state index in [-0.39, 0.29) is 0 Å². The molecule has 1 unspecified atom stereocenters. The van der Waals surface area contributed by atoms with Crippen molar-refractivity contribution in [1.82, 2.24) is 4.90 Å². The van der Waals surface area contributed by atoms with Crippen LogP contribution in [0.15, 0.2) is 24.3 Å². The number of thiophene rings is 1. The maximum absolute atomic E-state index is 12.4. The molecular weight excluding hydrogens is 384 g/mol. The van der Waals surface area contributed by atoms with Gasteiger partial charge in [0.05, 0.1) is 5.56 Å². The van der Waals surface area contributed by atoms with E-state index in [4.69, 9.17) is 17.3 Å². The minimum absolute atomic E-state index is 0.405. The molecule has 8 heteroatoms. The van der Waals surface area contributed by atoms with Gasteiger partial charge in [0.1, 0.15) is 5.00 Å². The largest absolute Gasteiger partial charge is 0.365 e. The number of fused-ring (bicyclic) bond motifs is 1. The lowest BCUT2D eigenvalue weighted by atomic mass is 9.89. The van der Waals surface area contributed by atoms with Crippen LogP contribution in [0.1, 0.15) is 33.6 Å². The van der Waals surface area contributed by atoms with Gasteiger partial charge in [-0.25, -0.2) is 4.79 Å². The lowest BCUT2D eigenvalue weighted by Crippen LogP contribution is -2.47. The topological polar surface area (TPSA) is 87.5 Å². The van der Waals surface area contributed by atoms with Crippen molar-refractivity contribution in [3.8, 4) is 0 Å². The average molecular weight is 405 g/mol. The number of benzene rings is 1. The quantitative estimate of drug-likeness (QED) is 0.725. The van der Waals surface area contributed by atoms with Gasteiger partial charge in [-0.2, -0.15) is 0 Å². The van der Waals surface area contributed by atoms with Gasteiger partial charge in [0, 0.05) is 21.6 Å². The highest BCUT2D eigenvalue weighted by Crippen LogP contribution is 2.39. The molecule has 0 bridgehead atoms. The van der Waals surface area contributed by atoms with E-state index in [0.29, 0.717) is 27.3 Å². The smallest absolute Gasteiger partial charge is 0.324 e. The van der Waals surface area contributed by atoms with Crippen molar-refractivity contribution < 1.29 is 9.59 Å². The number of carbonyl (C=O) groups excluding carboxylic acids is 2. The Morgan fingerprint density at radius 3 is 2.56 bits per heavy atom. The molecule has 1 aliphatic carbocycles. The fourth-order valence-electron chi connectivity index (χ4n) is 3.73. The van der Waals surface area contributed by atoms with Crippen LogP contribution in [0.3, 0.4) is 0 Å². The lowest BCUT2D eigenvalue weighted by Gasteiger charge is -2.40. The maximum atomic E-state index is 12.4. The molecule has 4 rings (SSSR count). The average Bonchev–Trinajstić information content (AvgIpc) is 2.92. The van der Waals surface area contributed by atoms with Crippen LogP contribution in [-0.4, -0.2) is 36.0 Å². The van der Waals surface area contributed by atoms with Gasteiger partial charge in [-0.15, -0.1) is 11.3 Å². The molecule has 2 aromatic rings. The Hall–Kier alpha value is -2.09. The molecule has 1 saturated heterocycles. The standard InChI is InChI=1S/C19H21ClN4O2S/c20-11-2-4-12(5-3-11)22-19(26)23-18-16(17(21)25)14-7-6-13(10-15(14)27-18)24-8-1-9-24/h2-5,13H,1,6-10H2,(H2,21,25)(H2,22,23,26). The van der Waals surface area contributed by atoms with Gasteiger partial charge in [-0.05, 0) is 68.6 Å². The number of likely N-dealkylation sites (tertiary alicyclic amines) is 1. The van der Waals surface area contributed by atoms with Crippen molar-refractivity contribution in [3.05, 3.63) is 45.3 Å². The Morgan fingerprint density at radius 1 is 1.19 bits per heavy atom. The van der Waals surface area contributed by atoms with E-state index >= 15 is 0 Å². The second kappa shape index (κ2) is 7.50. The van der Waals surface area contributed by atoms with Crippen LogP contribution < -0.4 is 16.4 Å². The fourth-order valence-corrected chi connectivity index (χ4v) is 5.18. The van der Waals surface area contributed by atoms with Gasteiger partial charge in [0.25, 0.3) is 5.91 Å². The zero-order valence-electron chi connectivity index (χ0n) is 14.8. The molecule has 142 valence electrons.